The third-order valence-electron chi connectivity index (χ3n) is 3.98. The van der Waals surface area contributed by atoms with Gasteiger partial charge in [0.2, 0.25) is 10.0 Å². The van der Waals surface area contributed by atoms with Gasteiger partial charge in [-0.3, -0.25) is 0 Å². The van der Waals surface area contributed by atoms with Crippen molar-refractivity contribution in [2.75, 3.05) is 45.8 Å². The third kappa shape index (κ3) is 5.21. The van der Waals surface area contributed by atoms with Crippen molar-refractivity contribution in [3.8, 4) is 0 Å². The van der Waals surface area contributed by atoms with Crippen LogP contribution in [0.25, 0.3) is 0 Å². The van der Waals surface area contributed by atoms with Crippen LogP contribution in [-0.2, 0) is 10.0 Å². The molecule has 0 radical (unpaired) electrons. The lowest BCUT2D eigenvalue weighted by Gasteiger charge is -2.33. The smallest absolute Gasteiger partial charge is 0.240 e. The van der Waals surface area contributed by atoms with Crippen LogP contribution < -0.4 is 4.72 Å². The minimum atomic E-state index is -3.43. The van der Waals surface area contributed by atoms with Crippen molar-refractivity contribution < 1.29 is 8.42 Å². The van der Waals surface area contributed by atoms with E-state index in [1.165, 1.54) is 12.1 Å². The lowest BCUT2D eigenvalue weighted by molar-refractivity contribution is 0.136. The maximum atomic E-state index is 12.1. The first-order chi connectivity index (χ1) is 10.5. The van der Waals surface area contributed by atoms with Crippen LogP contribution in [0.15, 0.2) is 29.2 Å². The van der Waals surface area contributed by atoms with E-state index in [0.29, 0.717) is 11.6 Å². The molecule has 1 fully saturated rings. The van der Waals surface area contributed by atoms with Crippen molar-refractivity contribution in [1.82, 2.24) is 14.5 Å². The average molecular weight is 346 g/mol. The van der Waals surface area contributed by atoms with E-state index in [2.05, 4.69) is 21.4 Å². The van der Waals surface area contributed by atoms with E-state index >= 15 is 0 Å². The molecule has 0 saturated carbocycles. The molecule has 0 aliphatic carbocycles. The first-order valence-electron chi connectivity index (χ1n) is 7.71. The number of halogens is 1. The molecule has 0 amide bonds. The van der Waals surface area contributed by atoms with E-state index in [4.69, 9.17) is 11.6 Å². The molecule has 1 N–H and O–H groups in total. The Morgan fingerprint density at radius 1 is 1.09 bits per heavy atom. The van der Waals surface area contributed by atoms with Crippen LogP contribution in [0.5, 0.6) is 0 Å². The summed E-state index contributed by atoms with van der Waals surface area (Å²) in [6, 6.07) is 6.22. The molecule has 7 heteroatoms. The highest BCUT2D eigenvalue weighted by molar-refractivity contribution is 7.89. The highest BCUT2D eigenvalue weighted by Crippen LogP contribution is 2.13. The molecular weight excluding hydrogens is 322 g/mol. The van der Waals surface area contributed by atoms with Gasteiger partial charge < -0.3 is 9.80 Å². The highest BCUT2D eigenvalue weighted by atomic mass is 35.5. The predicted octanol–water partition coefficient (Wildman–Crippen LogP) is 1.65. The third-order valence-corrected chi connectivity index (χ3v) is 5.71. The second kappa shape index (κ2) is 8.26. The Hall–Kier alpha value is -0.660. The Labute approximate surface area is 138 Å². The number of nitrogens with zero attached hydrogens (tertiary/aromatic N) is 2. The fourth-order valence-corrected chi connectivity index (χ4v) is 3.74. The second-order valence-corrected chi connectivity index (χ2v) is 7.68. The van der Waals surface area contributed by atoms with Crippen molar-refractivity contribution in [1.29, 1.82) is 0 Å². The first kappa shape index (κ1) is 17.7. The van der Waals surface area contributed by atoms with Gasteiger partial charge in [-0.1, -0.05) is 18.5 Å². The molecule has 22 heavy (non-hydrogen) atoms. The van der Waals surface area contributed by atoms with Crippen LogP contribution in [-0.4, -0.2) is 64.0 Å². The number of benzene rings is 1. The van der Waals surface area contributed by atoms with E-state index in [-0.39, 0.29) is 4.90 Å². The van der Waals surface area contributed by atoms with Gasteiger partial charge in [0, 0.05) is 37.7 Å². The summed E-state index contributed by atoms with van der Waals surface area (Å²) >= 11 is 5.77. The summed E-state index contributed by atoms with van der Waals surface area (Å²) in [5.41, 5.74) is 0. The molecule has 1 aromatic rings. The summed E-state index contributed by atoms with van der Waals surface area (Å²) < 4.78 is 26.9. The highest BCUT2D eigenvalue weighted by Gasteiger charge is 2.16. The van der Waals surface area contributed by atoms with Crippen LogP contribution in [0.1, 0.15) is 13.3 Å². The summed E-state index contributed by atoms with van der Waals surface area (Å²) in [6.07, 6.45) is 0.818. The molecule has 5 nitrogen and oxygen atoms in total. The van der Waals surface area contributed by atoms with Crippen molar-refractivity contribution in [2.24, 2.45) is 0 Å². The monoisotopic (exact) mass is 345 g/mol. The SMILES string of the molecule is CCN1CCN(CCCNS(=O)(=O)c2ccc(Cl)cc2)CC1. The molecule has 1 aliphatic rings. The summed E-state index contributed by atoms with van der Waals surface area (Å²) in [7, 11) is -3.43. The van der Waals surface area contributed by atoms with Gasteiger partial charge in [-0.05, 0) is 43.8 Å². The van der Waals surface area contributed by atoms with Crippen LogP contribution >= 0.6 is 11.6 Å². The van der Waals surface area contributed by atoms with Crippen molar-refractivity contribution >= 4 is 21.6 Å². The molecular formula is C15H24ClN3O2S. The van der Waals surface area contributed by atoms with E-state index in [0.717, 1.165) is 45.7 Å². The zero-order valence-corrected chi connectivity index (χ0v) is 14.5. The number of hydrogen-bond donors (Lipinski definition) is 1. The molecule has 1 saturated heterocycles. The first-order valence-corrected chi connectivity index (χ1v) is 9.57. The lowest BCUT2D eigenvalue weighted by atomic mass is 10.3. The molecule has 1 aliphatic heterocycles. The molecule has 0 spiro atoms. The second-order valence-electron chi connectivity index (χ2n) is 5.48. The zero-order valence-electron chi connectivity index (χ0n) is 13.0. The molecule has 1 aromatic carbocycles. The fraction of sp³-hybridized carbons (Fsp3) is 0.600. The number of nitrogens with one attached hydrogen (secondary N) is 1. The van der Waals surface area contributed by atoms with Crippen LogP contribution in [0.2, 0.25) is 5.02 Å². The van der Waals surface area contributed by atoms with Gasteiger partial charge in [0.25, 0.3) is 0 Å². The summed E-state index contributed by atoms with van der Waals surface area (Å²) in [5, 5.41) is 0.533. The Balaban J connectivity index is 1.71. The number of piperazine rings is 1. The number of rotatable bonds is 7. The van der Waals surface area contributed by atoms with Crippen molar-refractivity contribution in [3.63, 3.8) is 0 Å². The van der Waals surface area contributed by atoms with E-state index < -0.39 is 10.0 Å². The van der Waals surface area contributed by atoms with Gasteiger partial charge >= 0.3 is 0 Å². The van der Waals surface area contributed by atoms with Crippen LogP contribution in [0, 0.1) is 0 Å². The normalized spacial score (nSPS) is 17.7. The van der Waals surface area contributed by atoms with Gasteiger partial charge in [-0.2, -0.15) is 0 Å². The predicted molar refractivity (Wildman–Crippen MR) is 89.8 cm³/mol. The summed E-state index contributed by atoms with van der Waals surface area (Å²) in [6.45, 7) is 9.02. The van der Waals surface area contributed by atoms with Gasteiger partial charge in [0.1, 0.15) is 0 Å². The molecule has 2 rings (SSSR count). The Bertz CT molecular complexity index is 555. The molecule has 0 unspecified atom stereocenters. The van der Waals surface area contributed by atoms with E-state index in [1.54, 1.807) is 12.1 Å². The number of hydrogen-bond acceptors (Lipinski definition) is 4. The Morgan fingerprint density at radius 2 is 1.68 bits per heavy atom. The minimum Gasteiger partial charge on any atom is -0.301 e. The maximum Gasteiger partial charge on any atom is 0.240 e. The van der Waals surface area contributed by atoms with Crippen LogP contribution in [0.3, 0.4) is 0 Å². The lowest BCUT2D eigenvalue weighted by Crippen LogP contribution is -2.46. The van der Waals surface area contributed by atoms with E-state index in [9.17, 15) is 8.42 Å². The van der Waals surface area contributed by atoms with Crippen molar-refractivity contribution in [3.05, 3.63) is 29.3 Å². The summed E-state index contributed by atoms with van der Waals surface area (Å²) in [4.78, 5) is 5.08. The average Bonchev–Trinajstić information content (AvgIpc) is 2.52. The minimum absolute atomic E-state index is 0.258. The molecule has 1 heterocycles. The topological polar surface area (TPSA) is 52.6 Å². The fourth-order valence-electron chi connectivity index (χ4n) is 2.54. The summed E-state index contributed by atoms with van der Waals surface area (Å²) in [5.74, 6) is 0. The quantitative estimate of drug-likeness (QED) is 0.763. The Morgan fingerprint density at radius 3 is 2.27 bits per heavy atom. The Kier molecular flexibility index (Phi) is 6.65. The molecule has 0 bridgehead atoms. The zero-order chi connectivity index (χ0) is 16.0. The largest absolute Gasteiger partial charge is 0.301 e. The van der Waals surface area contributed by atoms with Gasteiger partial charge in [0.05, 0.1) is 4.90 Å². The molecule has 0 atom stereocenters. The van der Waals surface area contributed by atoms with Gasteiger partial charge in [0.15, 0.2) is 0 Å². The van der Waals surface area contributed by atoms with E-state index in [1.807, 2.05) is 0 Å². The van der Waals surface area contributed by atoms with Crippen LogP contribution in [0.4, 0.5) is 0 Å². The van der Waals surface area contributed by atoms with Gasteiger partial charge in [-0.15, -0.1) is 0 Å². The van der Waals surface area contributed by atoms with Gasteiger partial charge in [-0.25, -0.2) is 13.1 Å². The number of likely N-dealkylation sites (N-methyl/N-ethyl adjacent to an activating group) is 1. The number of sulfonamides is 1. The standard InChI is InChI=1S/C15H24ClN3O2S/c1-2-18-10-12-19(13-11-18)9-3-8-17-22(20,21)15-6-4-14(16)5-7-15/h4-7,17H,2-3,8-13H2,1H3. The molecule has 0 aromatic heterocycles. The maximum absolute atomic E-state index is 12.1. The molecule has 124 valence electrons. The van der Waals surface area contributed by atoms with Crippen molar-refractivity contribution in [2.45, 2.75) is 18.2 Å².